The lowest BCUT2D eigenvalue weighted by atomic mass is 10.1. The molecule has 160 valence electrons. The smallest absolute Gasteiger partial charge is 0.363 e. The minimum atomic E-state index is -0.625. The normalized spacial score (nSPS) is 14.2. The van der Waals surface area contributed by atoms with Gasteiger partial charge in [0.2, 0.25) is 5.90 Å². The molecule has 4 aromatic rings. The van der Waals surface area contributed by atoms with E-state index in [0.29, 0.717) is 22.1 Å². The van der Waals surface area contributed by atoms with Gasteiger partial charge >= 0.3 is 17.6 Å². The van der Waals surface area contributed by atoms with Gasteiger partial charge in [0.1, 0.15) is 11.3 Å². The molecule has 0 radical (unpaired) electrons. The van der Waals surface area contributed by atoms with Crippen molar-refractivity contribution in [3.8, 4) is 5.75 Å². The van der Waals surface area contributed by atoms with Crippen LogP contribution < -0.4 is 10.4 Å². The summed E-state index contributed by atoms with van der Waals surface area (Å²) in [5.41, 5.74) is 1.11. The summed E-state index contributed by atoms with van der Waals surface area (Å²) >= 11 is 0. The highest BCUT2D eigenvalue weighted by atomic mass is 16.6. The summed E-state index contributed by atoms with van der Waals surface area (Å²) in [5, 5.41) is 0.540. The van der Waals surface area contributed by atoms with Crippen molar-refractivity contribution in [3.05, 3.63) is 118 Å². The van der Waals surface area contributed by atoms with Crippen molar-refractivity contribution in [1.29, 1.82) is 0 Å². The van der Waals surface area contributed by atoms with Crippen LogP contribution in [0.3, 0.4) is 0 Å². The molecule has 7 heteroatoms. The van der Waals surface area contributed by atoms with Crippen molar-refractivity contribution < 1.29 is 23.5 Å². The van der Waals surface area contributed by atoms with Crippen molar-refractivity contribution in [2.24, 2.45) is 4.99 Å². The Morgan fingerprint density at radius 3 is 2.36 bits per heavy atom. The van der Waals surface area contributed by atoms with Gasteiger partial charge in [-0.1, -0.05) is 36.4 Å². The summed E-state index contributed by atoms with van der Waals surface area (Å²) in [6.07, 6.45) is 1.47. The highest BCUT2D eigenvalue weighted by molar-refractivity contribution is 6.13. The van der Waals surface area contributed by atoms with Gasteiger partial charge in [-0.3, -0.25) is 0 Å². The van der Waals surface area contributed by atoms with E-state index in [9.17, 15) is 14.4 Å². The van der Waals surface area contributed by atoms with E-state index in [4.69, 9.17) is 13.9 Å². The van der Waals surface area contributed by atoms with Crippen LogP contribution in [-0.4, -0.2) is 17.8 Å². The Kier molecular flexibility index (Phi) is 5.12. The zero-order valence-electron chi connectivity index (χ0n) is 17.1. The Labute approximate surface area is 187 Å². The second kappa shape index (κ2) is 8.39. The third kappa shape index (κ3) is 4.20. The molecule has 0 amide bonds. The molecule has 1 aromatic heterocycles. The van der Waals surface area contributed by atoms with Crippen LogP contribution in [0.15, 0.2) is 105 Å². The number of fused-ring (bicyclic) bond motifs is 1. The molecule has 7 nitrogen and oxygen atoms in total. The van der Waals surface area contributed by atoms with Crippen molar-refractivity contribution in [3.63, 3.8) is 0 Å². The molecule has 0 saturated heterocycles. The predicted molar refractivity (Wildman–Crippen MR) is 121 cm³/mol. The van der Waals surface area contributed by atoms with E-state index < -0.39 is 17.6 Å². The number of hydrogen-bond donors (Lipinski definition) is 0. The molecule has 0 atom stereocenters. The molecule has 0 bridgehead atoms. The first-order chi connectivity index (χ1) is 16.1. The summed E-state index contributed by atoms with van der Waals surface area (Å²) in [5.74, 6) is -0.751. The van der Waals surface area contributed by atoms with Crippen LogP contribution >= 0.6 is 0 Å². The molecular weight excluding hydrogens is 422 g/mol. The van der Waals surface area contributed by atoms with Crippen molar-refractivity contribution in [2.75, 3.05) is 0 Å². The number of ether oxygens (including phenoxy) is 2. The van der Waals surface area contributed by atoms with Crippen LogP contribution in [0.25, 0.3) is 17.0 Å². The summed E-state index contributed by atoms with van der Waals surface area (Å²) in [4.78, 5) is 41.0. The Morgan fingerprint density at radius 1 is 0.879 bits per heavy atom. The number of rotatable bonds is 4. The fourth-order valence-corrected chi connectivity index (χ4v) is 3.35. The maximum absolute atomic E-state index is 12.3. The van der Waals surface area contributed by atoms with E-state index in [-0.39, 0.29) is 22.9 Å². The zero-order valence-corrected chi connectivity index (χ0v) is 17.1. The molecule has 5 rings (SSSR count). The lowest BCUT2D eigenvalue weighted by molar-refractivity contribution is -0.129. The second-order valence-corrected chi connectivity index (χ2v) is 7.14. The molecule has 0 aliphatic carbocycles. The molecule has 33 heavy (non-hydrogen) atoms. The van der Waals surface area contributed by atoms with Crippen LogP contribution in [0.2, 0.25) is 0 Å². The van der Waals surface area contributed by atoms with Gasteiger partial charge in [-0.15, -0.1) is 0 Å². The molecule has 0 unspecified atom stereocenters. The molecule has 2 heterocycles. The SMILES string of the molecule is O=C1OC(c2ccccc2)=N/C1=C/c1cc(=O)oc2cc(OC(=O)c3ccccc3)ccc12. The lowest BCUT2D eigenvalue weighted by Gasteiger charge is -2.06. The first-order valence-electron chi connectivity index (χ1n) is 10.00. The first kappa shape index (κ1) is 20.1. The number of aliphatic imine (C=N–C) groups is 1. The topological polar surface area (TPSA) is 95.2 Å². The van der Waals surface area contributed by atoms with Gasteiger partial charge in [0.25, 0.3) is 0 Å². The zero-order chi connectivity index (χ0) is 22.8. The maximum Gasteiger partial charge on any atom is 0.363 e. The van der Waals surface area contributed by atoms with E-state index in [1.165, 1.54) is 18.2 Å². The molecule has 0 spiro atoms. The van der Waals surface area contributed by atoms with Gasteiger partial charge in [0, 0.05) is 23.1 Å². The van der Waals surface area contributed by atoms with E-state index in [0.717, 1.165) is 0 Å². The molecular formula is C26H15NO6. The van der Waals surface area contributed by atoms with Crippen LogP contribution in [0, 0.1) is 0 Å². The van der Waals surface area contributed by atoms with Crippen LogP contribution in [0.4, 0.5) is 0 Å². The number of carbonyl (C=O) groups excluding carboxylic acids is 2. The summed E-state index contributed by atoms with van der Waals surface area (Å²) in [6, 6.07) is 23.5. The molecule has 0 saturated carbocycles. The molecule has 0 N–H and O–H groups in total. The minimum absolute atomic E-state index is 0.0559. The van der Waals surface area contributed by atoms with Gasteiger partial charge in [-0.2, -0.15) is 0 Å². The van der Waals surface area contributed by atoms with Crippen molar-refractivity contribution in [2.45, 2.75) is 0 Å². The first-order valence-corrected chi connectivity index (χ1v) is 10.00. The van der Waals surface area contributed by atoms with Crippen LogP contribution in [0.1, 0.15) is 21.5 Å². The fourth-order valence-electron chi connectivity index (χ4n) is 3.35. The van der Waals surface area contributed by atoms with Gasteiger partial charge in [0.15, 0.2) is 5.70 Å². The third-order valence-corrected chi connectivity index (χ3v) is 4.90. The Morgan fingerprint density at radius 2 is 1.61 bits per heavy atom. The largest absolute Gasteiger partial charge is 0.423 e. The fraction of sp³-hybridized carbons (Fsp3) is 0. The highest BCUT2D eigenvalue weighted by Crippen LogP contribution is 2.26. The van der Waals surface area contributed by atoms with Gasteiger partial charge in [0.05, 0.1) is 5.56 Å². The quantitative estimate of drug-likeness (QED) is 0.204. The average Bonchev–Trinajstić information content (AvgIpc) is 3.20. The van der Waals surface area contributed by atoms with E-state index >= 15 is 0 Å². The number of carbonyl (C=O) groups is 2. The standard InChI is InChI=1S/C26H15NO6/c28-23-14-18(13-21-26(30)33-24(27-21)16-7-3-1-4-8-16)20-12-11-19(15-22(20)32-23)31-25(29)17-9-5-2-6-10-17/h1-15H/b21-13+. The number of nitrogens with zero attached hydrogens (tertiary/aromatic N) is 1. The number of benzene rings is 3. The number of esters is 2. The summed E-state index contributed by atoms with van der Waals surface area (Å²) in [6.45, 7) is 0. The van der Waals surface area contributed by atoms with E-state index in [2.05, 4.69) is 4.99 Å². The summed E-state index contributed by atoms with van der Waals surface area (Å²) in [7, 11) is 0. The predicted octanol–water partition coefficient (Wildman–Crippen LogP) is 4.36. The Hall–Kier alpha value is -4.78. The average molecular weight is 437 g/mol. The Balaban J connectivity index is 1.49. The molecule has 0 fully saturated rings. The molecule has 1 aliphatic rings. The number of cyclic esters (lactones) is 1. The van der Waals surface area contributed by atoms with Gasteiger partial charge < -0.3 is 13.9 Å². The minimum Gasteiger partial charge on any atom is -0.423 e. The highest BCUT2D eigenvalue weighted by Gasteiger charge is 2.24. The van der Waals surface area contributed by atoms with Crippen molar-refractivity contribution in [1.82, 2.24) is 0 Å². The van der Waals surface area contributed by atoms with E-state index in [1.54, 1.807) is 54.6 Å². The third-order valence-electron chi connectivity index (χ3n) is 4.90. The van der Waals surface area contributed by atoms with Gasteiger partial charge in [-0.05, 0) is 48.0 Å². The second-order valence-electron chi connectivity index (χ2n) is 7.14. The van der Waals surface area contributed by atoms with Gasteiger partial charge in [-0.25, -0.2) is 19.4 Å². The van der Waals surface area contributed by atoms with Crippen LogP contribution in [0.5, 0.6) is 5.75 Å². The number of hydrogen-bond acceptors (Lipinski definition) is 7. The molecule has 1 aliphatic heterocycles. The summed E-state index contributed by atoms with van der Waals surface area (Å²) < 4.78 is 15.9. The molecule has 3 aromatic carbocycles. The lowest BCUT2D eigenvalue weighted by Crippen LogP contribution is -2.08. The van der Waals surface area contributed by atoms with Crippen molar-refractivity contribution >= 4 is 34.9 Å². The Bertz CT molecular complexity index is 1500. The van der Waals surface area contributed by atoms with Crippen LogP contribution in [-0.2, 0) is 9.53 Å². The maximum atomic E-state index is 12.3. The van der Waals surface area contributed by atoms with E-state index in [1.807, 2.05) is 18.2 Å². The monoisotopic (exact) mass is 437 g/mol.